The third-order valence-electron chi connectivity index (χ3n) is 2.99. The molecule has 0 heterocycles. The van der Waals surface area contributed by atoms with Crippen LogP contribution in [0.3, 0.4) is 0 Å². The van der Waals surface area contributed by atoms with Crippen LogP contribution in [0.2, 0.25) is 0 Å². The Balaban J connectivity index is 2.14. The van der Waals surface area contributed by atoms with Gasteiger partial charge in [0.25, 0.3) is 0 Å². The van der Waals surface area contributed by atoms with Crippen molar-refractivity contribution in [1.82, 2.24) is 0 Å². The molecule has 0 saturated heterocycles. The molecule has 0 radical (unpaired) electrons. The predicted molar refractivity (Wildman–Crippen MR) is 79.3 cm³/mol. The molecule has 0 spiro atoms. The second-order valence-electron chi connectivity index (χ2n) is 4.46. The average Bonchev–Trinajstić information content (AvgIpc) is 2.40. The van der Waals surface area contributed by atoms with Crippen LogP contribution in [0.1, 0.15) is 22.3 Å². The summed E-state index contributed by atoms with van der Waals surface area (Å²) in [6.07, 6.45) is 0. The van der Waals surface area contributed by atoms with E-state index in [1.54, 1.807) is 0 Å². The SMILES string of the molecule is Cc1ccc(C)c(OCc2ccccc2CBr)c1. The molecule has 0 bridgehead atoms. The lowest BCUT2D eigenvalue weighted by Crippen LogP contribution is -2.00. The first-order chi connectivity index (χ1) is 8.70. The first-order valence-electron chi connectivity index (χ1n) is 6.03. The topological polar surface area (TPSA) is 9.23 Å². The van der Waals surface area contributed by atoms with E-state index in [0.717, 1.165) is 11.1 Å². The maximum atomic E-state index is 5.93. The molecule has 0 unspecified atom stereocenters. The Morgan fingerprint density at radius 3 is 2.44 bits per heavy atom. The number of hydrogen-bond donors (Lipinski definition) is 0. The van der Waals surface area contributed by atoms with Crippen LogP contribution in [0, 0.1) is 13.8 Å². The Bertz CT molecular complexity index is 534. The molecule has 94 valence electrons. The van der Waals surface area contributed by atoms with E-state index in [0.29, 0.717) is 6.61 Å². The van der Waals surface area contributed by atoms with Crippen LogP contribution in [0.5, 0.6) is 5.75 Å². The zero-order valence-electron chi connectivity index (χ0n) is 10.7. The number of halogens is 1. The summed E-state index contributed by atoms with van der Waals surface area (Å²) in [5.41, 5.74) is 4.92. The molecule has 0 aliphatic carbocycles. The van der Waals surface area contributed by atoms with Gasteiger partial charge in [-0.1, -0.05) is 52.3 Å². The second kappa shape index (κ2) is 6.05. The van der Waals surface area contributed by atoms with Gasteiger partial charge in [-0.15, -0.1) is 0 Å². The highest BCUT2D eigenvalue weighted by Crippen LogP contribution is 2.21. The maximum absolute atomic E-state index is 5.93. The molecule has 2 aromatic carbocycles. The minimum absolute atomic E-state index is 0.617. The third-order valence-corrected chi connectivity index (χ3v) is 3.59. The van der Waals surface area contributed by atoms with E-state index in [4.69, 9.17) is 4.74 Å². The summed E-state index contributed by atoms with van der Waals surface area (Å²) in [7, 11) is 0. The molecule has 2 rings (SSSR count). The molecule has 18 heavy (non-hydrogen) atoms. The van der Waals surface area contributed by atoms with Crippen molar-refractivity contribution in [2.24, 2.45) is 0 Å². The summed E-state index contributed by atoms with van der Waals surface area (Å²) in [4.78, 5) is 0. The molecule has 2 heteroatoms. The summed E-state index contributed by atoms with van der Waals surface area (Å²) >= 11 is 3.51. The number of ether oxygens (including phenoxy) is 1. The van der Waals surface area contributed by atoms with Gasteiger partial charge in [0.05, 0.1) is 0 Å². The van der Waals surface area contributed by atoms with Crippen molar-refractivity contribution < 1.29 is 4.74 Å². The van der Waals surface area contributed by atoms with E-state index in [9.17, 15) is 0 Å². The van der Waals surface area contributed by atoms with Gasteiger partial charge in [0.2, 0.25) is 0 Å². The van der Waals surface area contributed by atoms with Crippen molar-refractivity contribution in [3.63, 3.8) is 0 Å². The van der Waals surface area contributed by atoms with Gasteiger partial charge in [0.1, 0.15) is 12.4 Å². The monoisotopic (exact) mass is 304 g/mol. The average molecular weight is 305 g/mol. The lowest BCUT2D eigenvalue weighted by atomic mass is 10.1. The molecular weight excluding hydrogens is 288 g/mol. The fourth-order valence-corrected chi connectivity index (χ4v) is 2.39. The van der Waals surface area contributed by atoms with Crippen molar-refractivity contribution >= 4 is 15.9 Å². The van der Waals surface area contributed by atoms with E-state index >= 15 is 0 Å². The Morgan fingerprint density at radius 2 is 1.72 bits per heavy atom. The highest BCUT2D eigenvalue weighted by Gasteiger charge is 2.03. The van der Waals surface area contributed by atoms with E-state index in [-0.39, 0.29) is 0 Å². The van der Waals surface area contributed by atoms with Crippen LogP contribution in [0.25, 0.3) is 0 Å². The minimum atomic E-state index is 0.617. The fourth-order valence-electron chi connectivity index (χ4n) is 1.85. The molecule has 1 nitrogen and oxygen atoms in total. The first kappa shape index (κ1) is 13.2. The van der Waals surface area contributed by atoms with Crippen LogP contribution in [-0.4, -0.2) is 0 Å². The second-order valence-corrected chi connectivity index (χ2v) is 5.02. The lowest BCUT2D eigenvalue weighted by molar-refractivity contribution is 0.303. The highest BCUT2D eigenvalue weighted by molar-refractivity contribution is 9.08. The molecule has 0 N–H and O–H groups in total. The lowest BCUT2D eigenvalue weighted by Gasteiger charge is -2.12. The van der Waals surface area contributed by atoms with Crippen molar-refractivity contribution in [3.05, 3.63) is 64.7 Å². The Labute approximate surface area is 117 Å². The minimum Gasteiger partial charge on any atom is -0.489 e. The van der Waals surface area contributed by atoms with Crippen molar-refractivity contribution in [3.8, 4) is 5.75 Å². The molecule has 0 amide bonds. The van der Waals surface area contributed by atoms with Crippen LogP contribution >= 0.6 is 15.9 Å². The molecule has 0 saturated carbocycles. The largest absolute Gasteiger partial charge is 0.489 e. The molecule has 0 fully saturated rings. The number of benzene rings is 2. The molecule has 0 aliphatic rings. The summed E-state index contributed by atoms with van der Waals surface area (Å²) < 4.78 is 5.93. The van der Waals surface area contributed by atoms with Gasteiger partial charge >= 0.3 is 0 Å². The zero-order valence-corrected chi connectivity index (χ0v) is 12.3. The van der Waals surface area contributed by atoms with Gasteiger partial charge in [0.15, 0.2) is 0 Å². The first-order valence-corrected chi connectivity index (χ1v) is 7.15. The summed E-state index contributed by atoms with van der Waals surface area (Å²) in [6.45, 7) is 4.77. The standard InChI is InChI=1S/C16H17BrO/c1-12-7-8-13(2)16(9-12)18-11-15-6-4-3-5-14(15)10-17/h3-9H,10-11H2,1-2H3. The van der Waals surface area contributed by atoms with Gasteiger partial charge in [-0.05, 0) is 42.2 Å². The van der Waals surface area contributed by atoms with Gasteiger partial charge in [-0.25, -0.2) is 0 Å². The fraction of sp³-hybridized carbons (Fsp3) is 0.250. The molecule has 2 aromatic rings. The molecule has 0 atom stereocenters. The van der Waals surface area contributed by atoms with Gasteiger partial charge in [-0.2, -0.15) is 0 Å². The van der Waals surface area contributed by atoms with Gasteiger partial charge < -0.3 is 4.74 Å². The predicted octanol–water partition coefficient (Wildman–Crippen LogP) is 4.78. The van der Waals surface area contributed by atoms with E-state index in [2.05, 4.69) is 66.2 Å². The van der Waals surface area contributed by atoms with Crippen LogP contribution in [-0.2, 0) is 11.9 Å². The number of rotatable bonds is 4. The summed E-state index contributed by atoms with van der Waals surface area (Å²) in [5.74, 6) is 0.972. The smallest absolute Gasteiger partial charge is 0.122 e. The van der Waals surface area contributed by atoms with E-state index in [1.807, 2.05) is 6.07 Å². The molecule has 0 aliphatic heterocycles. The Morgan fingerprint density at radius 1 is 1.00 bits per heavy atom. The van der Waals surface area contributed by atoms with Gasteiger partial charge in [0, 0.05) is 5.33 Å². The Kier molecular flexibility index (Phi) is 4.43. The van der Waals surface area contributed by atoms with Crippen LogP contribution in [0.15, 0.2) is 42.5 Å². The Hall–Kier alpha value is -1.28. The van der Waals surface area contributed by atoms with Crippen molar-refractivity contribution in [2.75, 3.05) is 0 Å². The maximum Gasteiger partial charge on any atom is 0.122 e. The number of hydrogen-bond acceptors (Lipinski definition) is 1. The zero-order chi connectivity index (χ0) is 13.0. The highest BCUT2D eigenvalue weighted by atomic mass is 79.9. The van der Waals surface area contributed by atoms with Crippen molar-refractivity contribution in [2.45, 2.75) is 25.8 Å². The van der Waals surface area contributed by atoms with Crippen molar-refractivity contribution in [1.29, 1.82) is 0 Å². The summed E-state index contributed by atoms with van der Waals surface area (Å²) in [6, 6.07) is 14.6. The van der Waals surface area contributed by atoms with E-state index in [1.165, 1.54) is 22.3 Å². The van der Waals surface area contributed by atoms with Gasteiger partial charge in [-0.3, -0.25) is 0 Å². The van der Waals surface area contributed by atoms with Crippen LogP contribution in [0.4, 0.5) is 0 Å². The van der Waals surface area contributed by atoms with E-state index < -0.39 is 0 Å². The number of aryl methyl sites for hydroxylation is 2. The number of alkyl halides is 1. The molecule has 0 aromatic heterocycles. The normalized spacial score (nSPS) is 10.4. The summed E-state index contributed by atoms with van der Waals surface area (Å²) in [5, 5.41) is 0.860. The molecular formula is C16H17BrO. The van der Waals surface area contributed by atoms with Crippen LogP contribution < -0.4 is 4.74 Å². The third kappa shape index (κ3) is 3.14. The quantitative estimate of drug-likeness (QED) is 0.739.